The summed E-state index contributed by atoms with van der Waals surface area (Å²) >= 11 is 0. The Labute approximate surface area is 122 Å². The molecule has 0 spiro atoms. The van der Waals surface area contributed by atoms with Crippen LogP contribution in [0.3, 0.4) is 0 Å². The Morgan fingerprint density at radius 2 is 1.75 bits per heavy atom. The lowest BCUT2D eigenvalue weighted by atomic mass is 9.98. The molecule has 2 aromatic rings. The molecule has 0 heterocycles. The molecule has 0 fully saturated rings. The van der Waals surface area contributed by atoms with Gasteiger partial charge in [-0.05, 0) is 37.6 Å². The Morgan fingerprint density at radius 3 is 2.35 bits per heavy atom. The van der Waals surface area contributed by atoms with Crippen LogP contribution in [0.5, 0.6) is 0 Å². The molecular weight excluding hydrogens is 244 g/mol. The van der Waals surface area contributed by atoms with E-state index in [-0.39, 0.29) is 6.04 Å². The van der Waals surface area contributed by atoms with Gasteiger partial charge in [-0.2, -0.15) is 0 Å². The van der Waals surface area contributed by atoms with E-state index in [0.29, 0.717) is 6.54 Å². The number of rotatable bonds is 5. The first-order valence-corrected chi connectivity index (χ1v) is 7.13. The Bertz CT molecular complexity index is 549. The van der Waals surface area contributed by atoms with Crippen LogP contribution in [-0.2, 0) is 6.54 Å². The van der Waals surface area contributed by atoms with Crippen LogP contribution in [0.25, 0.3) is 0 Å². The van der Waals surface area contributed by atoms with Crippen molar-refractivity contribution in [1.82, 2.24) is 4.90 Å². The molecule has 0 aliphatic heterocycles. The number of aryl methyl sites for hydroxylation is 2. The Kier molecular flexibility index (Phi) is 4.94. The van der Waals surface area contributed by atoms with E-state index < -0.39 is 0 Å². The summed E-state index contributed by atoms with van der Waals surface area (Å²) < 4.78 is 0. The van der Waals surface area contributed by atoms with Gasteiger partial charge < -0.3 is 5.73 Å². The highest BCUT2D eigenvalue weighted by Gasteiger charge is 2.17. The van der Waals surface area contributed by atoms with Gasteiger partial charge in [0.1, 0.15) is 0 Å². The third-order valence-electron chi connectivity index (χ3n) is 3.81. The minimum atomic E-state index is 0.260. The highest BCUT2D eigenvalue weighted by Crippen LogP contribution is 2.24. The number of hydrogen-bond acceptors (Lipinski definition) is 2. The molecule has 20 heavy (non-hydrogen) atoms. The van der Waals surface area contributed by atoms with Crippen LogP contribution in [0.4, 0.5) is 0 Å². The smallest absolute Gasteiger partial charge is 0.0473 e. The number of nitrogens with two attached hydrogens (primary N) is 1. The molecule has 0 aliphatic rings. The molecule has 0 aliphatic carbocycles. The van der Waals surface area contributed by atoms with Gasteiger partial charge in [0.2, 0.25) is 0 Å². The Hall–Kier alpha value is -1.64. The van der Waals surface area contributed by atoms with Crippen LogP contribution >= 0.6 is 0 Å². The van der Waals surface area contributed by atoms with E-state index in [9.17, 15) is 0 Å². The average Bonchev–Trinajstić information content (AvgIpc) is 2.43. The molecule has 2 nitrogen and oxygen atoms in total. The normalized spacial score (nSPS) is 12.7. The first-order valence-electron chi connectivity index (χ1n) is 7.13. The van der Waals surface area contributed by atoms with Crippen molar-refractivity contribution in [3.8, 4) is 0 Å². The fourth-order valence-electron chi connectivity index (χ4n) is 2.73. The predicted octanol–water partition coefficient (Wildman–Crippen LogP) is 3.44. The first-order chi connectivity index (χ1) is 9.61. The molecule has 0 saturated heterocycles. The Balaban J connectivity index is 2.19. The highest BCUT2D eigenvalue weighted by atomic mass is 15.1. The standard InChI is InChI=1S/C18H24N2/c1-14-9-10-17(15(2)11-14)18(12-19)20(3)13-16-7-5-4-6-8-16/h4-11,18H,12-13,19H2,1-3H3. The van der Waals surface area contributed by atoms with E-state index >= 15 is 0 Å². The monoisotopic (exact) mass is 268 g/mol. The third-order valence-corrected chi connectivity index (χ3v) is 3.81. The van der Waals surface area contributed by atoms with Crippen molar-refractivity contribution in [3.05, 3.63) is 70.8 Å². The van der Waals surface area contributed by atoms with Crippen LogP contribution in [0.15, 0.2) is 48.5 Å². The molecule has 0 radical (unpaired) electrons. The number of likely N-dealkylation sites (N-methyl/N-ethyl adjacent to an activating group) is 1. The molecule has 2 aromatic carbocycles. The molecule has 1 atom stereocenters. The molecule has 2 N–H and O–H groups in total. The van der Waals surface area contributed by atoms with Crippen LogP contribution in [0.1, 0.15) is 28.3 Å². The van der Waals surface area contributed by atoms with E-state index in [1.807, 2.05) is 6.07 Å². The van der Waals surface area contributed by atoms with Crippen LogP contribution in [0.2, 0.25) is 0 Å². The van der Waals surface area contributed by atoms with Crippen molar-refractivity contribution in [2.45, 2.75) is 26.4 Å². The summed E-state index contributed by atoms with van der Waals surface area (Å²) in [7, 11) is 2.14. The number of hydrogen-bond donors (Lipinski definition) is 1. The summed E-state index contributed by atoms with van der Waals surface area (Å²) in [4.78, 5) is 2.33. The summed E-state index contributed by atoms with van der Waals surface area (Å²) in [6.07, 6.45) is 0. The summed E-state index contributed by atoms with van der Waals surface area (Å²) in [5, 5.41) is 0. The largest absolute Gasteiger partial charge is 0.329 e. The summed E-state index contributed by atoms with van der Waals surface area (Å²) in [6, 6.07) is 17.4. The van der Waals surface area contributed by atoms with Crippen molar-refractivity contribution >= 4 is 0 Å². The zero-order valence-electron chi connectivity index (χ0n) is 12.6. The van der Waals surface area contributed by atoms with Gasteiger partial charge in [0.15, 0.2) is 0 Å². The molecule has 0 aromatic heterocycles. The van der Waals surface area contributed by atoms with Gasteiger partial charge in [-0.3, -0.25) is 4.90 Å². The van der Waals surface area contributed by atoms with Gasteiger partial charge in [-0.15, -0.1) is 0 Å². The van der Waals surface area contributed by atoms with Crippen molar-refractivity contribution in [1.29, 1.82) is 0 Å². The fraction of sp³-hybridized carbons (Fsp3) is 0.333. The number of benzene rings is 2. The van der Waals surface area contributed by atoms with E-state index in [0.717, 1.165) is 6.54 Å². The van der Waals surface area contributed by atoms with Gasteiger partial charge in [-0.1, -0.05) is 54.1 Å². The summed E-state index contributed by atoms with van der Waals surface area (Å²) in [6.45, 7) is 5.84. The van der Waals surface area contributed by atoms with Gasteiger partial charge in [0.05, 0.1) is 0 Å². The maximum atomic E-state index is 6.02. The summed E-state index contributed by atoms with van der Waals surface area (Å²) in [5.74, 6) is 0. The van der Waals surface area contributed by atoms with Crippen molar-refractivity contribution in [3.63, 3.8) is 0 Å². The van der Waals surface area contributed by atoms with Crippen molar-refractivity contribution < 1.29 is 0 Å². The fourth-order valence-corrected chi connectivity index (χ4v) is 2.73. The van der Waals surface area contributed by atoms with Gasteiger partial charge >= 0.3 is 0 Å². The van der Waals surface area contributed by atoms with E-state index in [1.54, 1.807) is 0 Å². The topological polar surface area (TPSA) is 29.3 Å². The second-order valence-corrected chi connectivity index (χ2v) is 5.51. The maximum Gasteiger partial charge on any atom is 0.0473 e. The lowest BCUT2D eigenvalue weighted by Crippen LogP contribution is -2.30. The SMILES string of the molecule is Cc1ccc(C(CN)N(C)Cc2ccccc2)c(C)c1. The van der Waals surface area contributed by atoms with Gasteiger partial charge in [0, 0.05) is 19.1 Å². The molecule has 106 valence electrons. The van der Waals surface area contributed by atoms with Gasteiger partial charge in [-0.25, -0.2) is 0 Å². The zero-order chi connectivity index (χ0) is 14.5. The van der Waals surface area contributed by atoms with Crippen LogP contribution in [-0.4, -0.2) is 18.5 Å². The van der Waals surface area contributed by atoms with Crippen molar-refractivity contribution in [2.24, 2.45) is 5.73 Å². The summed E-state index contributed by atoms with van der Waals surface area (Å²) in [5.41, 5.74) is 11.3. The first kappa shape index (κ1) is 14.8. The quantitative estimate of drug-likeness (QED) is 0.900. The van der Waals surface area contributed by atoms with Gasteiger partial charge in [0.25, 0.3) is 0 Å². The highest BCUT2D eigenvalue weighted by molar-refractivity contribution is 5.33. The average molecular weight is 268 g/mol. The zero-order valence-corrected chi connectivity index (χ0v) is 12.6. The lowest BCUT2D eigenvalue weighted by Gasteiger charge is -2.29. The molecular formula is C18H24N2. The second kappa shape index (κ2) is 6.69. The minimum Gasteiger partial charge on any atom is -0.329 e. The molecule has 2 rings (SSSR count). The van der Waals surface area contributed by atoms with E-state index in [4.69, 9.17) is 5.73 Å². The van der Waals surface area contributed by atoms with Crippen LogP contribution in [0, 0.1) is 13.8 Å². The molecule has 0 bridgehead atoms. The predicted molar refractivity (Wildman–Crippen MR) is 85.6 cm³/mol. The lowest BCUT2D eigenvalue weighted by molar-refractivity contribution is 0.241. The second-order valence-electron chi connectivity index (χ2n) is 5.51. The minimum absolute atomic E-state index is 0.260. The molecule has 2 heteroatoms. The van der Waals surface area contributed by atoms with E-state index in [1.165, 1.54) is 22.3 Å². The number of nitrogens with zero attached hydrogens (tertiary/aromatic N) is 1. The van der Waals surface area contributed by atoms with E-state index in [2.05, 4.69) is 68.3 Å². The third kappa shape index (κ3) is 3.47. The molecule has 0 saturated carbocycles. The van der Waals surface area contributed by atoms with Crippen molar-refractivity contribution in [2.75, 3.05) is 13.6 Å². The molecule has 0 amide bonds. The van der Waals surface area contributed by atoms with Crippen LogP contribution < -0.4 is 5.73 Å². The Morgan fingerprint density at radius 1 is 1.05 bits per heavy atom. The molecule has 1 unspecified atom stereocenters. The maximum absolute atomic E-state index is 6.02.